The molecule has 0 bridgehead atoms. The molecule has 8 heteroatoms. The van der Waals surface area contributed by atoms with Gasteiger partial charge in [0.25, 0.3) is 0 Å². The second-order valence-electron chi connectivity index (χ2n) is 7.76. The number of anilines is 1. The van der Waals surface area contributed by atoms with Crippen molar-refractivity contribution in [2.24, 2.45) is 16.6 Å². The quantitative estimate of drug-likeness (QED) is 0.521. The van der Waals surface area contributed by atoms with Gasteiger partial charge < -0.3 is 10.6 Å². The van der Waals surface area contributed by atoms with Crippen LogP contribution in [0.25, 0.3) is 0 Å². The average Bonchev–Trinajstić information content (AvgIpc) is 3.21. The number of hydrogen-bond acceptors (Lipinski definition) is 6. The monoisotopic (exact) mass is 448 g/mol. The summed E-state index contributed by atoms with van der Waals surface area (Å²) in [5, 5.41) is 5.36. The Hall–Kier alpha value is -3.13. The second-order valence-corrected chi connectivity index (χ2v) is 8.70. The van der Waals surface area contributed by atoms with Gasteiger partial charge in [0.05, 0.1) is 6.04 Å². The topological polar surface area (TPSA) is 89.4 Å². The minimum atomic E-state index is -0.574. The van der Waals surface area contributed by atoms with Crippen molar-refractivity contribution in [2.45, 2.75) is 37.7 Å². The van der Waals surface area contributed by atoms with E-state index in [0.29, 0.717) is 16.8 Å². The first-order chi connectivity index (χ1) is 15.5. The van der Waals surface area contributed by atoms with Crippen molar-refractivity contribution in [1.29, 1.82) is 0 Å². The van der Waals surface area contributed by atoms with Crippen molar-refractivity contribution < 1.29 is 4.79 Å². The van der Waals surface area contributed by atoms with E-state index < -0.39 is 11.8 Å². The predicted molar refractivity (Wildman–Crippen MR) is 130 cm³/mol. The summed E-state index contributed by atoms with van der Waals surface area (Å²) in [5.41, 5.74) is 9.78. The molecule has 0 saturated carbocycles. The Morgan fingerprint density at radius 3 is 2.41 bits per heavy atom. The minimum Gasteiger partial charge on any atom is -0.372 e. The van der Waals surface area contributed by atoms with Crippen LogP contribution in [0.2, 0.25) is 0 Å². The highest BCUT2D eigenvalue weighted by Gasteiger charge is 2.38. The maximum Gasteiger partial charge on any atom is 0.249 e. The van der Waals surface area contributed by atoms with E-state index in [0.717, 1.165) is 30.1 Å². The lowest BCUT2D eigenvalue weighted by atomic mass is 9.88. The number of benzene rings is 2. The number of aliphatic imine (C=N–C) groups is 1. The van der Waals surface area contributed by atoms with Crippen molar-refractivity contribution >= 4 is 35.0 Å². The zero-order chi connectivity index (χ0) is 22.7. The molecule has 0 radical (unpaired) electrons. The SMILES string of the molecule is CCN(CC)c1ccc(C2C(C(N)=O)C(C)=Nc3nc(SCc4ccccc4)nn32)cc1. The summed E-state index contributed by atoms with van der Waals surface area (Å²) >= 11 is 1.55. The van der Waals surface area contributed by atoms with Gasteiger partial charge in [0, 0.05) is 30.2 Å². The largest absolute Gasteiger partial charge is 0.372 e. The lowest BCUT2D eigenvalue weighted by Crippen LogP contribution is -2.39. The summed E-state index contributed by atoms with van der Waals surface area (Å²) < 4.78 is 1.75. The van der Waals surface area contributed by atoms with Crippen LogP contribution in [-0.2, 0) is 10.5 Å². The molecule has 2 N–H and O–H groups in total. The fourth-order valence-corrected chi connectivity index (χ4v) is 4.89. The number of carbonyl (C=O) groups is 1. The van der Waals surface area contributed by atoms with Crippen molar-refractivity contribution in [1.82, 2.24) is 14.8 Å². The van der Waals surface area contributed by atoms with Gasteiger partial charge >= 0.3 is 0 Å². The van der Waals surface area contributed by atoms with E-state index in [2.05, 4.69) is 65.1 Å². The zero-order valence-corrected chi connectivity index (χ0v) is 19.4. The summed E-state index contributed by atoms with van der Waals surface area (Å²) in [7, 11) is 0. The zero-order valence-electron chi connectivity index (χ0n) is 18.6. The van der Waals surface area contributed by atoms with Crippen LogP contribution in [0.3, 0.4) is 0 Å². The molecule has 1 amide bonds. The van der Waals surface area contributed by atoms with E-state index in [1.807, 2.05) is 25.1 Å². The van der Waals surface area contributed by atoms with E-state index in [4.69, 9.17) is 10.8 Å². The highest BCUT2D eigenvalue weighted by molar-refractivity contribution is 7.98. The molecule has 2 heterocycles. The van der Waals surface area contributed by atoms with Gasteiger partial charge in [-0.25, -0.2) is 9.67 Å². The third kappa shape index (κ3) is 4.41. The van der Waals surface area contributed by atoms with Gasteiger partial charge in [-0.05, 0) is 44.0 Å². The fraction of sp³-hybridized carbons (Fsp3) is 0.333. The molecule has 32 heavy (non-hydrogen) atoms. The highest BCUT2D eigenvalue weighted by atomic mass is 32.2. The maximum atomic E-state index is 12.4. The van der Waals surface area contributed by atoms with Gasteiger partial charge in [-0.3, -0.25) is 4.79 Å². The van der Waals surface area contributed by atoms with E-state index in [1.165, 1.54) is 5.56 Å². The van der Waals surface area contributed by atoms with Gasteiger partial charge in [-0.1, -0.05) is 54.2 Å². The van der Waals surface area contributed by atoms with Crippen LogP contribution in [0, 0.1) is 5.92 Å². The Labute approximate surface area is 192 Å². The average molecular weight is 449 g/mol. The standard InChI is InChI=1S/C24H28N6OS/c1-4-29(5-2)19-13-11-18(12-14-19)21-20(22(25)31)16(3)26-23-27-24(28-30(21)23)32-15-17-9-7-6-8-10-17/h6-14,20-21H,4-5,15H2,1-3H3,(H2,25,31). The molecule has 2 aromatic carbocycles. The highest BCUT2D eigenvalue weighted by Crippen LogP contribution is 2.37. The summed E-state index contributed by atoms with van der Waals surface area (Å²) in [6.45, 7) is 7.98. The van der Waals surface area contributed by atoms with Crippen molar-refractivity contribution in [2.75, 3.05) is 18.0 Å². The van der Waals surface area contributed by atoms with Crippen LogP contribution < -0.4 is 10.6 Å². The first-order valence-corrected chi connectivity index (χ1v) is 11.8. The van der Waals surface area contributed by atoms with E-state index in [9.17, 15) is 4.79 Å². The number of carbonyl (C=O) groups excluding carboxylic acids is 1. The third-order valence-electron chi connectivity index (χ3n) is 5.78. The number of primary amides is 1. The van der Waals surface area contributed by atoms with Crippen LogP contribution in [0.5, 0.6) is 0 Å². The molecule has 1 aliphatic heterocycles. The van der Waals surface area contributed by atoms with Crippen molar-refractivity contribution in [3.05, 3.63) is 65.7 Å². The number of nitrogens with zero attached hydrogens (tertiary/aromatic N) is 5. The molecule has 1 aliphatic rings. The third-order valence-corrected chi connectivity index (χ3v) is 6.69. The molecule has 7 nitrogen and oxygen atoms in total. The number of fused-ring (bicyclic) bond motifs is 1. The molecule has 4 rings (SSSR count). The molecule has 0 spiro atoms. The van der Waals surface area contributed by atoms with E-state index in [1.54, 1.807) is 16.4 Å². The number of hydrogen-bond donors (Lipinski definition) is 1. The van der Waals surface area contributed by atoms with Crippen LogP contribution >= 0.6 is 11.8 Å². The Bertz CT molecular complexity index is 1110. The summed E-state index contributed by atoms with van der Waals surface area (Å²) in [6, 6.07) is 18.1. The first-order valence-electron chi connectivity index (χ1n) is 10.8. The lowest BCUT2D eigenvalue weighted by molar-refractivity contribution is -0.120. The molecule has 2 atom stereocenters. The summed E-state index contributed by atoms with van der Waals surface area (Å²) in [4.78, 5) is 23.9. The van der Waals surface area contributed by atoms with Gasteiger partial charge in [0.2, 0.25) is 17.0 Å². The minimum absolute atomic E-state index is 0.371. The maximum absolute atomic E-state index is 12.4. The number of rotatable bonds is 8. The fourth-order valence-electron chi connectivity index (χ4n) is 4.11. The predicted octanol–water partition coefficient (Wildman–Crippen LogP) is 4.21. The number of amides is 1. The Morgan fingerprint density at radius 1 is 1.09 bits per heavy atom. The first kappa shape index (κ1) is 22.1. The normalized spacial score (nSPS) is 17.5. The van der Waals surface area contributed by atoms with Gasteiger partial charge in [-0.15, -0.1) is 5.10 Å². The second kappa shape index (κ2) is 9.56. The van der Waals surface area contributed by atoms with Gasteiger partial charge in [0.1, 0.15) is 5.92 Å². The molecule has 0 saturated heterocycles. The molecular formula is C24H28N6OS. The van der Waals surface area contributed by atoms with Crippen LogP contribution in [0.1, 0.15) is 37.9 Å². The van der Waals surface area contributed by atoms with Crippen LogP contribution in [0.15, 0.2) is 64.7 Å². The molecule has 3 aromatic rings. The Balaban J connectivity index is 1.67. The molecule has 0 aliphatic carbocycles. The molecule has 0 fully saturated rings. The van der Waals surface area contributed by atoms with E-state index >= 15 is 0 Å². The molecule has 166 valence electrons. The lowest BCUT2D eigenvalue weighted by Gasteiger charge is -2.29. The van der Waals surface area contributed by atoms with Crippen LogP contribution in [0.4, 0.5) is 11.6 Å². The Morgan fingerprint density at radius 2 is 1.78 bits per heavy atom. The van der Waals surface area contributed by atoms with Gasteiger partial charge in [-0.2, -0.15) is 4.98 Å². The molecule has 1 aromatic heterocycles. The molecule has 2 unspecified atom stereocenters. The number of nitrogens with two attached hydrogens (primary N) is 1. The van der Waals surface area contributed by atoms with Gasteiger partial charge in [0.15, 0.2) is 0 Å². The summed E-state index contributed by atoms with van der Waals surface area (Å²) in [5.74, 6) is 0.280. The smallest absolute Gasteiger partial charge is 0.249 e. The summed E-state index contributed by atoms with van der Waals surface area (Å²) in [6.07, 6.45) is 0. The van der Waals surface area contributed by atoms with Crippen molar-refractivity contribution in [3.63, 3.8) is 0 Å². The number of aromatic nitrogens is 3. The Kier molecular flexibility index (Phi) is 6.60. The van der Waals surface area contributed by atoms with Crippen molar-refractivity contribution in [3.8, 4) is 0 Å². The van der Waals surface area contributed by atoms with Crippen LogP contribution in [-0.4, -0.2) is 39.5 Å². The number of thioether (sulfide) groups is 1. The molecular weight excluding hydrogens is 420 g/mol. The van der Waals surface area contributed by atoms with E-state index in [-0.39, 0.29) is 6.04 Å².